The SMILES string of the molecule is Brc1cccc(C2Cc3cnc(Nc4ccc(CCN5CCCCC5)cc4)nc3-c3ccccc32)c1.CS(=O)(=O)OCCc1ccc(Nc2ncc3c(n2)-c2ccccc2C(c2cccc(Br)c2)C3)cc1.OCCc1ccc(Nc2ncc3c(n2)-c2ccccc2C(c2cccc(Br)c2)C3)cc1. The smallest absolute Gasteiger partial charge is 0.264 e. The maximum absolute atomic E-state index is 11.1. The second-order valence-corrected chi connectivity index (χ2v) is 30.7. The molecule has 16 rings (SSSR count). The lowest BCUT2D eigenvalue weighted by molar-refractivity contribution is 0.231. The molecule has 102 heavy (non-hydrogen) atoms. The van der Waals surface area contributed by atoms with Crippen LogP contribution in [0.3, 0.4) is 0 Å². The predicted molar refractivity (Wildman–Crippen MR) is 420 cm³/mol. The highest BCUT2D eigenvalue weighted by atomic mass is 79.9. The highest BCUT2D eigenvalue weighted by Gasteiger charge is 2.31. The Hall–Kier alpha value is -9.11. The Balaban J connectivity index is 0.000000130. The van der Waals surface area contributed by atoms with Crippen molar-refractivity contribution in [3.05, 3.63) is 317 Å². The van der Waals surface area contributed by atoms with Gasteiger partial charge in [0.2, 0.25) is 17.8 Å². The lowest BCUT2D eigenvalue weighted by Gasteiger charge is -2.27. The van der Waals surface area contributed by atoms with Crippen LogP contribution < -0.4 is 16.0 Å². The van der Waals surface area contributed by atoms with Gasteiger partial charge in [-0.15, -0.1) is 0 Å². The molecule has 3 unspecified atom stereocenters. The number of piperidine rings is 1. The first-order valence-corrected chi connectivity index (χ1v) is 38.9. The molecule has 4 heterocycles. The third-order valence-electron chi connectivity index (χ3n) is 19.3. The lowest BCUT2D eigenvalue weighted by atomic mass is 9.78. The zero-order valence-electron chi connectivity index (χ0n) is 56.5. The number of rotatable bonds is 18. The van der Waals surface area contributed by atoms with Crippen LogP contribution in [-0.4, -0.2) is 87.4 Å². The fourth-order valence-electron chi connectivity index (χ4n) is 14.2. The number of benzene rings is 9. The predicted octanol–water partition coefficient (Wildman–Crippen LogP) is 19.1. The quantitative estimate of drug-likeness (QED) is 0.0596. The summed E-state index contributed by atoms with van der Waals surface area (Å²) in [4.78, 5) is 31.2. The Kier molecular flexibility index (Phi) is 22.3. The van der Waals surface area contributed by atoms with Crippen molar-refractivity contribution < 1.29 is 17.7 Å². The molecule has 1 saturated heterocycles. The zero-order chi connectivity index (χ0) is 69.9. The number of anilines is 6. The summed E-state index contributed by atoms with van der Waals surface area (Å²) in [6, 6.07) is 75.7. The molecule has 0 radical (unpaired) electrons. The molecule has 18 heteroatoms. The van der Waals surface area contributed by atoms with E-state index in [0.717, 1.165) is 119 Å². The van der Waals surface area contributed by atoms with Gasteiger partial charge < -0.3 is 26.0 Å². The number of hydrogen-bond donors (Lipinski definition) is 4. The molecule has 0 spiro atoms. The number of nitrogens with zero attached hydrogens (tertiary/aromatic N) is 7. The molecule has 0 saturated carbocycles. The van der Waals surface area contributed by atoms with Gasteiger partial charge in [0.05, 0.1) is 29.9 Å². The third kappa shape index (κ3) is 17.3. The number of fused-ring (bicyclic) bond motifs is 9. The molecule has 1 aliphatic heterocycles. The summed E-state index contributed by atoms with van der Waals surface area (Å²) in [5, 5.41) is 19.1. The van der Waals surface area contributed by atoms with Crippen molar-refractivity contribution in [1.82, 2.24) is 34.8 Å². The van der Waals surface area contributed by atoms with Gasteiger partial charge >= 0.3 is 0 Å². The molecule has 0 bridgehead atoms. The highest BCUT2D eigenvalue weighted by molar-refractivity contribution is 9.11. The number of nitrogens with one attached hydrogen (secondary N) is 3. The van der Waals surface area contributed by atoms with Crippen molar-refractivity contribution in [2.45, 2.75) is 75.5 Å². The van der Waals surface area contributed by atoms with Crippen molar-refractivity contribution in [2.24, 2.45) is 0 Å². The molecule has 4 aliphatic rings. The minimum Gasteiger partial charge on any atom is -0.396 e. The number of likely N-dealkylation sites (tertiary alicyclic amines) is 1. The number of halogens is 3. The normalized spacial score (nSPS) is 15.6. The molecule has 3 aliphatic carbocycles. The molecule has 3 aromatic heterocycles. The summed E-state index contributed by atoms with van der Waals surface area (Å²) >= 11 is 10.8. The van der Waals surface area contributed by atoms with E-state index in [1.165, 1.54) is 82.4 Å². The second kappa shape index (κ2) is 32.5. The van der Waals surface area contributed by atoms with Gasteiger partial charge in [-0.05, 0) is 204 Å². The summed E-state index contributed by atoms with van der Waals surface area (Å²) < 4.78 is 30.3. The number of aliphatic hydroxyl groups is 1. The van der Waals surface area contributed by atoms with Crippen LogP contribution in [0.4, 0.5) is 34.9 Å². The third-order valence-corrected chi connectivity index (χ3v) is 21.4. The van der Waals surface area contributed by atoms with Crippen LogP contribution in [-0.2, 0) is 52.8 Å². The average molecular weight is 1560 g/mol. The van der Waals surface area contributed by atoms with Crippen LogP contribution in [0.1, 0.15) is 104 Å². The van der Waals surface area contributed by atoms with Crippen molar-refractivity contribution in [2.75, 3.05) is 55.1 Å². The summed E-state index contributed by atoms with van der Waals surface area (Å²) in [7, 11) is -3.42. The van der Waals surface area contributed by atoms with E-state index in [-0.39, 0.29) is 25.0 Å². The Labute approximate surface area is 622 Å². The van der Waals surface area contributed by atoms with Gasteiger partial charge in [-0.25, -0.2) is 29.9 Å². The molecule has 3 atom stereocenters. The van der Waals surface area contributed by atoms with Gasteiger partial charge in [0.15, 0.2) is 0 Å². The molecule has 14 nitrogen and oxygen atoms in total. The summed E-state index contributed by atoms with van der Waals surface area (Å²) in [5.74, 6) is 2.59. The minimum atomic E-state index is -3.42. The van der Waals surface area contributed by atoms with Gasteiger partial charge in [-0.1, -0.05) is 200 Å². The topological polar surface area (TPSA) is 180 Å². The van der Waals surface area contributed by atoms with Crippen LogP contribution in [0.2, 0.25) is 0 Å². The Morgan fingerprint density at radius 1 is 0.441 bits per heavy atom. The Bertz CT molecular complexity index is 5040. The molecule has 9 aromatic carbocycles. The fourth-order valence-corrected chi connectivity index (χ4v) is 15.8. The molecule has 4 N–H and O–H groups in total. The summed E-state index contributed by atoms with van der Waals surface area (Å²) in [6.45, 7) is 3.94. The first-order valence-electron chi connectivity index (χ1n) is 34.7. The Morgan fingerprint density at radius 3 is 1.15 bits per heavy atom. The Morgan fingerprint density at radius 2 is 0.794 bits per heavy atom. The van der Waals surface area contributed by atoms with Gasteiger partial charge in [0, 0.05) is 96.7 Å². The van der Waals surface area contributed by atoms with Crippen molar-refractivity contribution in [1.29, 1.82) is 0 Å². The summed E-state index contributed by atoms with van der Waals surface area (Å²) in [6.07, 6.45) is 15.9. The van der Waals surface area contributed by atoms with Crippen LogP contribution in [0.15, 0.2) is 250 Å². The maximum atomic E-state index is 11.1. The largest absolute Gasteiger partial charge is 0.396 e. The van der Waals surface area contributed by atoms with Gasteiger partial charge in [0.1, 0.15) is 0 Å². The molecule has 12 aromatic rings. The maximum Gasteiger partial charge on any atom is 0.264 e. The van der Waals surface area contributed by atoms with E-state index in [1.54, 1.807) is 0 Å². The first kappa shape index (κ1) is 70.0. The first-order chi connectivity index (χ1) is 49.8. The van der Waals surface area contributed by atoms with Crippen LogP contribution >= 0.6 is 47.8 Å². The zero-order valence-corrected chi connectivity index (χ0v) is 62.1. The van der Waals surface area contributed by atoms with E-state index in [9.17, 15) is 8.42 Å². The molecular weight excluding hydrogens is 1480 g/mol. The number of aromatic nitrogens is 6. The van der Waals surface area contributed by atoms with Gasteiger partial charge in [-0.3, -0.25) is 4.18 Å². The highest BCUT2D eigenvalue weighted by Crippen LogP contribution is 2.46. The monoisotopic (exact) mass is 1560 g/mol. The molecule has 1 fully saturated rings. The lowest BCUT2D eigenvalue weighted by Crippen LogP contribution is -2.31. The van der Waals surface area contributed by atoms with E-state index in [0.29, 0.717) is 36.6 Å². The molecular formula is C84H77Br3N10O4S. The number of aliphatic hydroxyl groups excluding tert-OH is 1. The van der Waals surface area contributed by atoms with E-state index in [4.69, 9.17) is 24.2 Å². The van der Waals surface area contributed by atoms with E-state index >= 15 is 0 Å². The standard InChI is InChI=1S/C31H31BrN4.C27H24BrN3O3S.C26H22BrN3O/c32-25-8-6-7-23(19-25)29-20-24-21-33-31(35-30(24)28-10-3-2-9-27(28)29)34-26-13-11-22(12-14-26)15-18-36-16-4-1-5-17-36;1-35(32,33)34-14-13-18-9-11-22(12-10-18)30-27-29-17-20-16-25(19-5-4-6-21(28)15-19)23-7-2-3-8-24(23)26(20)31-27;27-20-5-3-4-18(14-20)24-15-19-16-28-26(29-21-10-8-17(9-11-21)12-13-31)30-25(19)23-7-2-1-6-22(23)24/h2-3,6-14,19,21,29H,1,4-5,15-18,20H2,(H,33,34,35);2-12,15,17,25H,13-14,16H2,1H3,(H,29,30,31);1-11,14,16,24,31H,12-13,15H2,(H,28,29,30). The van der Waals surface area contributed by atoms with Crippen LogP contribution in [0.5, 0.6) is 0 Å². The average Bonchev–Trinajstić information content (AvgIpc) is 0.773. The molecule has 514 valence electrons. The van der Waals surface area contributed by atoms with E-state index < -0.39 is 10.1 Å². The van der Waals surface area contributed by atoms with E-state index in [1.807, 2.05) is 79.3 Å². The van der Waals surface area contributed by atoms with Crippen molar-refractivity contribution >= 4 is 92.8 Å². The van der Waals surface area contributed by atoms with Crippen LogP contribution in [0, 0.1) is 0 Å². The minimum absolute atomic E-state index is 0.125. The van der Waals surface area contributed by atoms with Crippen molar-refractivity contribution in [3.8, 4) is 33.8 Å². The molecule has 0 amide bonds. The fraction of sp³-hybridized carbons (Fsp3) is 0.214. The van der Waals surface area contributed by atoms with Crippen LogP contribution in [0.25, 0.3) is 33.8 Å². The number of hydrogen-bond acceptors (Lipinski definition) is 14. The van der Waals surface area contributed by atoms with E-state index in [2.05, 4.69) is 241 Å². The van der Waals surface area contributed by atoms with Gasteiger partial charge in [0.25, 0.3) is 10.1 Å². The van der Waals surface area contributed by atoms with Gasteiger partial charge in [-0.2, -0.15) is 8.42 Å². The second-order valence-electron chi connectivity index (χ2n) is 26.3. The van der Waals surface area contributed by atoms with Crippen molar-refractivity contribution in [3.63, 3.8) is 0 Å². The summed E-state index contributed by atoms with van der Waals surface area (Å²) in [5.41, 5.74) is 24.0.